The monoisotopic (exact) mass is 443 g/mol. The van der Waals surface area contributed by atoms with Gasteiger partial charge in [-0.2, -0.15) is 0 Å². The van der Waals surface area contributed by atoms with Crippen LogP contribution in [-0.4, -0.2) is 45.6 Å². The molecule has 0 aliphatic heterocycles. The highest BCUT2D eigenvalue weighted by Crippen LogP contribution is 2.32. The van der Waals surface area contributed by atoms with Crippen LogP contribution in [0.25, 0.3) is 11.4 Å². The Labute approximate surface area is 182 Å². The molecule has 0 aliphatic carbocycles. The minimum absolute atomic E-state index is 0.0216. The van der Waals surface area contributed by atoms with Gasteiger partial charge in [-0.1, -0.05) is 11.8 Å². The maximum absolute atomic E-state index is 12.3. The molecule has 1 amide bonds. The molecular weight excluding hydrogens is 422 g/mol. The van der Waals surface area contributed by atoms with E-state index in [1.54, 1.807) is 37.8 Å². The fourth-order valence-electron chi connectivity index (χ4n) is 2.89. The normalized spacial score (nSPS) is 10.6. The Hall–Kier alpha value is -3.60. The van der Waals surface area contributed by atoms with Gasteiger partial charge >= 0.3 is 0 Å². The van der Waals surface area contributed by atoms with Gasteiger partial charge in [-0.3, -0.25) is 14.9 Å². The Morgan fingerprint density at radius 3 is 2.55 bits per heavy atom. The Morgan fingerprint density at radius 2 is 1.90 bits per heavy atom. The van der Waals surface area contributed by atoms with Crippen molar-refractivity contribution in [2.24, 2.45) is 7.05 Å². The summed E-state index contributed by atoms with van der Waals surface area (Å²) in [6.07, 6.45) is 0. The lowest BCUT2D eigenvalue weighted by atomic mass is 10.2. The number of thioether (sulfide) groups is 1. The average Bonchev–Trinajstić information content (AvgIpc) is 3.13. The highest BCUT2D eigenvalue weighted by Gasteiger charge is 2.16. The second kappa shape index (κ2) is 9.47. The summed E-state index contributed by atoms with van der Waals surface area (Å²) in [5, 5.41) is 22.6. The van der Waals surface area contributed by atoms with Crippen LogP contribution in [0.5, 0.6) is 11.5 Å². The third-order valence-electron chi connectivity index (χ3n) is 4.50. The summed E-state index contributed by atoms with van der Waals surface area (Å²) in [7, 11) is 4.94. The van der Waals surface area contributed by atoms with Crippen molar-refractivity contribution in [1.82, 2.24) is 14.8 Å². The average molecular weight is 443 g/mol. The first-order valence-corrected chi connectivity index (χ1v) is 10.1. The predicted molar refractivity (Wildman–Crippen MR) is 117 cm³/mol. The molecule has 0 fully saturated rings. The molecule has 10 nitrogen and oxygen atoms in total. The number of anilines is 1. The largest absolute Gasteiger partial charge is 0.493 e. The molecule has 0 saturated carbocycles. The van der Waals surface area contributed by atoms with E-state index >= 15 is 0 Å². The molecule has 1 heterocycles. The van der Waals surface area contributed by atoms with Crippen molar-refractivity contribution >= 4 is 29.0 Å². The first-order valence-electron chi connectivity index (χ1n) is 9.13. The lowest BCUT2D eigenvalue weighted by Crippen LogP contribution is -2.15. The molecule has 2 aromatic carbocycles. The van der Waals surface area contributed by atoms with Crippen molar-refractivity contribution < 1.29 is 19.2 Å². The van der Waals surface area contributed by atoms with Crippen LogP contribution in [0.3, 0.4) is 0 Å². The van der Waals surface area contributed by atoms with Gasteiger partial charge < -0.3 is 19.4 Å². The molecule has 3 aromatic rings. The number of carbonyl (C=O) groups is 1. The third kappa shape index (κ3) is 4.94. The maximum Gasteiger partial charge on any atom is 0.269 e. The van der Waals surface area contributed by atoms with Crippen LogP contribution in [0.4, 0.5) is 11.4 Å². The molecule has 162 valence electrons. The number of nitro groups is 1. The number of amides is 1. The van der Waals surface area contributed by atoms with Gasteiger partial charge in [0.25, 0.3) is 5.69 Å². The Morgan fingerprint density at radius 1 is 1.16 bits per heavy atom. The SMILES string of the molecule is COc1ccc(-c2nnc(SCC(=O)Nc3ccc([N+](=O)[O-])cc3C)n2C)cc1OC. The van der Waals surface area contributed by atoms with Gasteiger partial charge in [-0.15, -0.1) is 10.2 Å². The van der Waals surface area contributed by atoms with Crippen molar-refractivity contribution in [1.29, 1.82) is 0 Å². The molecular formula is C20H21N5O5S. The minimum atomic E-state index is -0.474. The van der Waals surface area contributed by atoms with Gasteiger partial charge in [0.1, 0.15) is 0 Å². The zero-order valence-electron chi connectivity index (χ0n) is 17.4. The third-order valence-corrected chi connectivity index (χ3v) is 5.52. The van der Waals surface area contributed by atoms with E-state index < -0.39 is 4.92 Å². The van der Waals surface area contributed by atoms with Crippen LogP contribution >= 0.6 is 11.8 Å². The van der Waals surface area contributed by atoms with Crippen LogP contribution in [0.2, 0.25) is 0 Å². The molecule has 0 atom stereocenters. The molecule has 31 heavy (non-hydrogen) atoms. The van der Waals surface area contributed by atoms with Crippen LogP contribution in [0.15, 0.2) is 41.6 Å². The van der Waals surface area contributed by atoms with Gasteiger partial charge in [0, 0.05) is 30.4 Å². The molecule has 0 aliphatic rings. The van der Waals surface area contributed by atoms with Crippen LogP contribution < -0.4 is 14.8 Å². The predicted octanol–water partition coefficient (Wildman–Crippen LogP) is 3.45. The van der Waals surface area contributed by atoms with E-state index in [2.05, 4.69) is 15.5 Å². The number of ether oxygens (including phenoxy) is 2. The topological polar surface area (TPSA) is 121 Å². The molecule has 11 heteroatoms. The standard InChI is InChI=1S/C20H21N5O5S/c1-12-9-14(25(27)28)6-7-15(12)21-18(26)11-31-20-23-22-19(24(20)2)13-5-8-16(29-3)17(10-13)30-4/h5-10H,11H2,1-4H3,(H,21,26). The van der Waals surface area contributed by atoms with Crippen molar-refractivity contribution in [2.45, 2.75) is 12.1 Å². The molecule has 1 aromatic heterocycles. The first kappa shape index (κ1) is 22.1. The fraction of sp³-hybridized carbons (Fsp3) is 0.250. The number of aromatic nitrogens is 3. The van der Waals surface area contributed by atoms with Gasteiger partial charge in [-0.25, -0.2) is 0 Å². The lowest BCUT2D eigenvalue weighted by molar-refractivity contribution is -0.384. The number of hydrogen-bond acceptors (Lipinski definition) is 8. The minimum Gasteiger partial charge on any atom is -0.493 e. The maximum atomic E-state index is 12.3. The van der Waals surface area contributed by atoms with Gasteiger partial charge in [-0.05, 0) is 36.8 Å². The molecule has 1 N–H and O–H groups in total. The second-order valence-corrected chi connectivity index (χ2v) is 7.47. The van der Waals surface area contributed by atoms with E-state index in [9.17, 15) is 14.9 Å². The Balaban J connectivity index is 1.67. The number of aryl methyl sites for hydroxylation is 1. The molecule has 3 rings (SSSR count). The van der Waals surface area contributed by atoms with Gasteiger partial charge in [0.2, 0.25) is 5.91 Å². The quantitative estimate of drug-likeness (QED) is 0.319. The second-order valence-electron chi connectivity index (χ2n) is 6.53. The number of methoxy groups -OCH3 is 2. The summed E-state index contributed by atoms with van der Waals surface area (Å²) in [6.45, 7) is 1.70. The number of rotatable bonds is 8. The van der Waals surface area contributed by atoms with E-state index in [-0.39, 0.29) is 17.3 Å². The smallest absolute Gasteiger partial charge is 0.269 e. The number of hydrogen-bond donors (Lipinski definition) is 1. The summed E-state index contributed by atoms with van der Waals surface area (Å²) >= 11 is 1.23. The molecule has 0 unspecified atom stereocenters. The number of benzene rings is 2. The van der Waals surface area contributed by atoms with E-state index in [1.807, 2.05) is 13.1 Å². The van der Waals surface area contributed by atoms with Crippen molar-refractivity contribution in [3.05, 3.63) is 52.1 Å². The summed E-state index contributed by atoms with van der Waals surface area (Å²) in [4.78, 5) is 22.7. The van der Waals surface area contributed by atoms with Crippen molar-refractivity contribution in [3.63, 3.8) is 0 Å². The summed E-state index contributed by atoms with van der Waals surface area (Å²) < 4.78 is 12.4. The van der Waals surface area contributed by atoms with Crippen molar-refractivity contribution in [2.75, 3.05) is 25.3 Å². The van der Waals surface area contributed by atoms with E-state index in [4.69, 9.17) is 9.47 Å². The van der Waals surface area contributed by atoms with Crippen LogP contribution in [-0.2, 0) is 11.8 Å². The fourth-order valence-corrected chi connectivity index (χ4v) is 3.60. The zero-order chi connectivity index (χ0) is 22.5. The first-order chi connectivity index (χ1) is 14.8. The van der Waals surface area contributed by atoms with Crippen LogP contribution in [0.1, 0.15) is 5.56 Å². The Bertz CT molecular complexity index is 1130. The number of nitrogens with zero attached hydrogens (tertiary/aromatic N) is 4. The Kier molecular flexibility index (Phi) is 6.75. The molecule has 0 bridgehead atoms. The zero-order valence-corrected chi connectivity index (χ0v) is 18.2. The number of nitrogens with one attached hydrogen (secondary N) is 1. The highest BCUT2D eigenvalue weighted by molar-refractivity contribution is 7.99. The summed E-state index contributed by atoms with van der Waals surface area (Å²) in [6, 6.07) is 9.74. The van der Waals surface area contributed by atoms with Gasteiger partial charge in [0.05, 0.1) is 24.9 Å². The van der Waals surface area contributed by atoms with E-state index in [0.717, 1.165) is 5.56 Å². The summed E-state index contributed by atoms with van der Waals surface area (Å²) in [5.41, 5.74) is 1.92. The molecule has 0 radical (unpaired) electrons. The lowest BCUT2D eigenvalue weighted by Gasteiger charge is -2.10. The number of carbonyl (C=O) groups excluding carboxylic acids is 1. The van der Waals surface area contributed by atoms with E-state index in [0.29, 0.717) is 33.7 Å². The van der Waals surface area contributed by atoms with Crippen molar-refractivity contribution in [3.8, 4) is 22.9 Å². The summed E-state index contributed by atoms with van der Waals surface area (Å²) in [5.74, 6) is 1.66. The highest BCUT2D eigenvalue weighted by atomic mass is 32.2. The number of nitro benzene ring substituents is 1. The molecule has 0 spiro atoms. The van der Waals surface area contributed by atoms with Crippen LogP contribution in [0, 0.1) is 17.0 Å². The van der Waals surface area contributed by atoms with E-state index in [1.165, 1.54) is 30.0 Å². The van der Waals surface area contributed by atoms with Gasteiger partial charge in [0.15, 0.2) is 22.5 Å². The molecule has 0 saturated heterocycles. The number of non-ortho nitro benzene ring substituents is 1.